The van der Waals surface area contributed by atoms with Gasteiger partial charge in [-0.1, -0.05) is 26.2 Å². The molecule has 3 heteroatoms. The average Bonchev–Trinajstić information content (AvgIpc) is 2.56. The van der Waals surface area contributed by atoms with Crippen LogP contribution in [0.25, 0.3) is 0 Å². The van der Waals surface area contributed by atoms with E-state index < -0.39 is 0 Å². The van der Waals surface area contributed by atoms with Crippen LogP contribution >= 0.6 is 0 Å². The molecule has 0 radical (unpaired) electrons. The van der Waals surface area contributed by atoms with Crippen molar-refractivity contribution in [2.45, 2.75) is 64.0 Å². The van der Waals surface area contributed by atoms with Gasteiger partial charge in [0.2, 0.25) is 0 Å². The van der Waals surface area contributed by atoms with Crippen molar-refractivity contribution in [2.24, 2.45) is 5.41 Å². The van der Waals surface area contributed by atoms with Crippen molar-refractivity contribution in [3.8, 4) is 0 Å². The van der Waals surface area contributed by atoms with E-state index in [0.29, 0.717) is 11.5 Å². The SMILES string of the molecule is CN1CCC(C)(CNC2CCCCCC2O)CC1. The maximum absolute atomic E-state index is 10.1. The third-order valence-corrected chi connectivity index (χ3v) is 4.96. The fourth-order valence-electron chi connectivity index (χ4n) is 3.24. The van der Waals surface area contributed by atoms with E-state index in [2.05, 4.69) is 24.2 Å². The van der Waals surface area contributed by atoms with Crippen LogP contribution in [-0.4, -0.2) is 48.8 Å². The smallest absolute Gasteiger partial charge is 0.0693 e. The number of piperidine rings is 1. The van der Waals surface area contributed by atoms with Crippen LogP contribution in [0.5, 0.6) is 0 Å². The molecule has 0 aromatic carbocycles. The number of aliphatic hydroxyl groups is 1. The van der Waals surface area contributed by atoms with Gasteiger partial charge in [0, 0.05) is 12.6 Å². The molecular weight excluding hydrogens is 224 g/mol. The Balaban J connectivity index is 1.79. The topological polar surface area (TPSA) is 35.5 Å². The maximum Gasteiger partial charge on any atom is 0.0693 e. The summed E-state index contributed by atoms with van der Waals surface area (Å²) < 4.78 is 0. The largest absolute Gasteiger partial charge is 0.392 e. The zero-order valence-electron chi connectivity index (χ0n) is 12.1. The third kappa shape index (κ3) is 3.94. The van der Waals surface area contributed by atoms with Crippen LogP contribution in [0.4, 0.5) is 0 Å². The summed E-state index contributed by atoms with van der Waals surface area (Å²) in [5.74, 6) is 0. The van der Waals surface area contributed by atoms with Gasteiger partial charge in [-0.05, 0) is 51.2 Å². The van der Waals surface area contributed by atoms with Crippen LogP contribution < -0.4 is 5.32 Å². The molecule has 0 spiro atoms. The second-order valence-corrected chi connectivity index (χ2v) is 6.81. The molecule has 1 heterocycles. The van der Waals surface area contributed by atoms with Crippen LogP contribution in [0.2, 0.25) is 0 Å². The molecule has 2 aliphatic rings. The van der Waals surface area contributed by atoms with E-state index in [1.54, 1.807) is 0 Å². The molecule has 3 nitrogen and oxygen atoms in total. The Morgan fingerprint density at radius 1 is 1.17 bits per heavy atom. The lowest BCUT2D eigenvalue weighted by molar-refractivity contribution is 0.0941. The molecule has 2 unspecified atom stereocenters. The molecule has 0 aromatic rings. The Morgan fingerprint density at radius 3 is 2.56 bits per heavy atom. The summed E-state index contributed by atoms with van der Waals surface area (Å²) in [4.78, 5) is 2.42. The third-order valence-electron chi connectivity index (χ3n) is 4.96. The van der Waals surface area contributed by atoms with E-state index >= 15 is 0 Å². The molecule has 106 valence electrons. The number of likely N-dealkylation sites (tertiary alicyclic amines) is 1. The maximum atomic E-state index is 10.1. The molecule has 0 aromatic heterocycles. The number of aliphatic hydroxyl groups excluding tert-OH is 1. The highest BCUT2D eigenvalue weighted by Gasteiger charge is 2.30. The summed E-state index contributed by atoms with van der Waals surface area (Å²) in [7, 11) is 2.21. The summed E-state index contributed by atoms with van der Waals surface area (Å²) in [6, 6.07) is 0.337. The van der Waals surface area contributed by atoms with Gasteiger partial charge in [0.1, 0.15) is 0 Å². The highest BCUT2D eigenvalue weighted by molar-refractivity contribution is 4.87. The molecule has 1 saturated heterocycles. The number of nitrogens with one attached hydrogen (secondary N) is 1. The van der Waals surface area contributed by atoms with Gasteiger partial charge in [-0.15, -0.1) is 0 Å². The predicted molar refractivity (Wildman–Crippen MR) is 75.7 cm³/mol. The Hall–Kier alpha value is -0.120. The number of hydrogen-bond acceptors (Lipinski definition) is 3. The first-order chi connectivity index (χ1) is 8.59. The van der Waals surface area contributed by atoms with Crippen LogP contribution in [0, 0.1) is 5.41 Å². The molecule has 0 amide bonds. The van der Waals surface area contributed by atoms with Gasteiger partial charge in [-0.25, -0.2) is 0 Å². The first kappa shape index (κ1) is 14.3. The monoisotopic (exact) mass is 254 g/mol. The van der Waals surface area contributed by atoms with Crippen LogP contribution in [0.15, 0.2) is 0 Å². The minimum Gasteiger partial charge on any atom is -0.392 e. The minimum atomic E-state index is -0.123. The molecule has 0 bridgehead atoms. The van der Waals surface area contributed by atoms with Gasteiger partial charge in [-0.3, -0.25) is 0 Å². The van der Waals surface area contributed by atoms with Crippen molar-refractivity contribution >= 4 is 0 Å². The summed E-state index contributed by atoms with van der Waals surface area (Å²) in [6.07, 6.45) is 8.32. The van der Waals surface area contributed by atoms with Gasteiger partial charge in [0.15, 0.2) is 0 Å². The van der Waals surface area contributed by atoms with Gasteiger partial charge < -0.3 is 15.3 Å². The Bertz CT molecular complexity index is 249. The normalized spacial score (nSPS) is 34.2. The molecule has 2 rings (SSSR count). The highest BCUT2D eigenvalue weighted by Crippen LogP contribution is 2.30. The van der Waals surface area contributed by atoms with Crippen molar-refractivity contribution < 1.29 is 5.11 Å². The van der Waals surface area contributed by atoms with E-state index in [4.69, 9.17) is 0 Å². The first-order valence-electron chi connectivity index (χ1n) is 7.69. The second kappa shape index (κ2) is 6.36. The second-order valence-electron chi connectivity index (χ2n) is 6.81. The molecule has 18 heavy (non-hydrogen) atoms. The van der Waals surface area contributed by atoms with E-state index in [1.807, 2.05) is 0 Å². The average molecular weight is 254 g/mol. The van der Waals surface area contributed by atoms with E-state index in [1.165, 1.54) is 45.2 Å². The Kier molecular flexibility index (Phi) is 5.05. The summed E-state index contributed by atoms with van der Waals surface area (Å²) in [5.41, 5.74) is 0.429. The zero-order valence-corrected chi connectivity index (χ0v) is 12.1. The Labute approximate surface area is 112 Å². The van der Waals surface area contributed by atoms with E-state index in [-0.39, 0.29) is 6.10 Å². The lowest BCUT2D eigenvalue weighted by Crippen LogP contribution is -2.47. The van der Waals surface area contributed by atoms with E-state index in [0.717, 1.165) is 19.4 Å². The summed E-state index contributed by atoms with van der Waals surface area (Å²) >= 11 is 0. The lowest BCUT2D eigenvalue weighted by atomic mass is 9.80. The molecular formula is C15H30N2O. The molecule has 2 fully saturated rings. The Morgan fingerprint density at radius 2 is 1.83 bits per heavy atom. The number of rotatable bonds is 3. The number of nitrogens with zero attached hydrogens (tertiary/aromatic N) is 1. The van der Waals surface area contributed by atoms with Crippen LogP contribution in [0.1, 0.15) is 51.9 Å². The van der Waals surface area contributed by atoms with Gasteiger partial charge in [-0.2, -0.15) is 0 Å². The van der Waals surface area contributed by atoms with Crippen molar-refractivity contribution in [1.82, 2.24) is 10.2 Å². The standard InChI is InChI=1S/C15H30N2O/c1-15(8-10-17(2)11-9-15)12-16-13-6-4-3-5-7-14(13)18/h13-14,16,18H,3-12H2,1-2H3. The van der Waals surface area contributed by atoms with Crippen molar-refractivity contribution in [3.63, 3.8) is 0 Å². The van der Waals surface area contributed by atoms with Crippen molar-refractivity contribution in [1.29, 1.82) is 0 Å². The molecule has 2 atom stereocenters. The molecule has 1 aliphatic heterocycles. The fourth-order valence-corrected chi connectivity index (χ4v) is 3.24. The van der Waals surface area contributed by atoms with Crippen LogP contribution in [-0.2, 0) is 0 Å². The van der Waals surface area contributed by atoms with Crippen LogP contribution in [0.3, 0.4) is 0 Å². The molecule has 2 N–H and O–H groups in total. The van der Waals surface area contributed by atoms with Crippen molar-refractivity contribution in [3.05, 3.63) is 0 Å². The van der Waals surface area contributed by atoms with Gasteiger partial charge in [0.05, 0.1) is 6.10 Å². The van der Waals surface area contributed by atoms with Crippen molar-refractivity contribution in [2.75, 3.05) is 26.7 Å². The molecule has 1 saturated carbocycles. The number of hydrogen-bond donors (Lipinski definition) is 2. The van der Waals surface area contributed by atoms with Gasteiger partial charge >= 0.3 is 0 Å². The quantitative estimate of drug-likeness (QED) is 0.756. The summed E-state index contributed by atoms with van der Waals surface area (Å²) in [6.45, 7) is 5.90. The molecule has 1 aliphatic carbocycles. The lowest BCUT2D eigenvalue weighted by Gasteiger charge is -2.39. The first-order valence-corrected chi connectivity index (χ1v) is 7.69. The summed E-state index contributed by atoms with van der Waals surface area (Å²) in [5, 5.41) is 13.8. The van der Waals surface area contributed by atoms with E-state index in [9.17, 15) is 5.11 Å². The minimum absolute atomic E-state index is 0.123. The predicted octanol–water partition coefficient (Wildman–Crippen LogP) is 2.00. The van der Waals surface area contributed by atoms with Gasteiger partial charge in [0.25, 0.3) is 0 Å². The fraction of sp³-hybridized carbons (Fsp3) is 1.00. The zero-order chi connectivity index (χ0) is 13.0. The highest BCUT2D eigenvalue weighted by atomic mass is 16.3.